The van der Waals surface area contributed by atoms with Gasteiger partial charge in [-0.25, -0.2) is 0 Å². The Morgan fingerprint density at radius 2 is 1.53 bits per heavy atom. The van der Waals surface area contributed by atoms with Crippen molar-refractivity contribution < 1.29 is 0 Å². The van der Waals surface area contributed by atoms with Crippen molar-refractivity contribution in [1.82, 2.24) is 0 Å². The lowest BCUT2D eigenvalue weighted by Gasteiger charge is -1.98. The fraction of sp³-hybridized carbons (Fsp3) is 0.0588. The van der Waals surface area contributed by atoms with E-state index >= 15 is 0 Å². The smallest absolute Gasteiger partial charge is 0.130 e. The van der Waals surface area contributed by atoms with Crippen LogP contribution in [0.15, 0.2) is 60.2 Å². The number of nitrogens with zero attached hydrogens (tertiary/aromatic N) is 2. The van der Waals surface area contributed by atoms with E-state index in [9.17, 15) is 0 Å². The quantitative estimate of drug-likeness (QED) is 0.758. The van der Waals surface area contributed by atoms with E-state index in [1.165, 1.54) is 0 Å². The Labute approximate surface area is 112 Å². The van der Waals surface area contributed by atoms with Gasteiger partial charge in [-0.2, -0.15) is 10.5 Å². The lowest BCUT2D eigenvalue weighted by Crippen LogP contribution is -1.81. The van der Waals surface area contributed by atoms with Crippen LogP contribution in [0.5, 0.6) is 0 Å². The molecule has 1 aliphatic carbocycles. The van der Waals surface area contributed by atoms with Crippen molar-refractivity contribution in [3.63, 3.8) is 0 Å². The summed E-state index contributed by atoms with van der Waals surface area (Å²) in [5.41, 5.74) is 2.07. The highest BCUT2D eigenvalue weighted by molar-refractivity contribution is 5.63. The molecule has 19 heavy (non-hydrogen) atoms. The fourth-order valence-electron chi connectivity index (χ4n) is 1.76. The van der Waals surface area contributed by atoms with Crippen molar-refractivity contribution in [3.8, 4) is 12.1 Å². The average Bonchev–Trinajstić information content (AvgIpc) is 2.97. The lowest BCUT2D eigenvalue weighted by atomic mass is 10.1. The molecule has 0 spiro atoms. The first-order valence-corrected chi connectivity index (χ1v) is 5.97. The third-order valence-electron chi connectivity index (χ3n) is 2.78. The van der Waals surface area contributed by atoms with Crippen LogP contribution >= 0.6 is 0 Å². The molecule has 0 N–H and O–H groups in total. The normalized spacial score (nSPS) is 13.4. The number of allylic oxidation sites excluding steroid dienone is 6. The summed E-state index contributed by atoms with van der Waals surface area (Å²) in [6.07, 6.45) is 14.1. The van der Waals surface area contributed by atoms with E-state index in [4.69, 9.17) is 10.5 Å². The molecule has 2 rings (SSSR count). The van der Waals surface area contributed by atoms with Gasteiger partial charge in [0.1, 0.15) is 17.7 Å². The molecule has 90 valence electrons. The van der Waals surface area contributed by atoms with Crippen LogP contribution in [0, 0.1) is 28.6 Å². The molecule has 0 atom stereocenters. The molecule has 0 radical (unpaired) electrons. The third-order valence-corrected chi connectivity index (χ3v) is 2.78. The van der Waals surface area contributed by atoms with Crippen molar-refractivity contribution >= 4 is 12.2 Å². The maximum Gasteiger partial charge on any atom is 0.130 e. The molecule has 1 aromatic rings. The summed E-state index contributed by atoms with van der Waals surface area (Å²) in [6.45, 7) is 0. The lowest BCUT2D eigenvalue weighted by molar-refractivity contribution is 1.10. The molecule has 0 saturated heterocycles. The van der Waals surface area contributed by atoms with Gasteiger partial charge in [0.15, 0.2) is 0 Å². The molecule has 0 unspecified atom stereocenters. The van der Waals surface area contributed by atoms with E-state index in [1.807, 2.05) is 48.6 Å². The summed E-state index contributed by atoms with van der Waals surface area (Å²) in [4.78, 5) is 0. The molecular weight excluding hydrogens is 232 g/mol. The van der Waals surface area contributed by atoms with Gasteiger partial charge < -0.3 is 0 Å². The zero-order valence-electron chi connectivity index (χ0n) is 10.3. The second-order valence-corrected chi connectivity index (χ2v) is 4.15. The van der Waals surface area contributed by atoms with E-state index in [2.05, 4.69) is 24.3 Å². The van der Waals surface area contributed by atoms with E-state index in [-0.39, 0.29) is 5.57 Å². The van der Waals surface area contributed by atoms with Gasteiger partial charge in [-0.3, -0.25) is 0 Å². The Bertz CT molecular complexity index is 616. The molecule has 0 heterocycles. The summed E-state index contributed by atoms with van der Waals surface area (Å²) in [5, 5.41) is 17.4. The van der Waals surface area contributed by atoms with Crippen molar-refractivity contribution in [2.24, 2.45) is 5.92 Å². The van der Waals surface area contributed by atoms with Crippen LogP contribution in [0.1, 0.15) is 11.1 Å². The zero-order chi connectivity index (χ0) is 13.5. The number of nitriles is 2. The Morgan fingerprint density at radius 1 is 0.947 bits per heavy atom. The zero-order valence-corrected chi connectivity index (χ0v) is 10.3. The van der Waals surface area contributed by atoms with E-state index in [0.29, 0.717) is 5.92 Å². The molecule has 0 saturated carbocycles. The maximum absolute atomic E-state index is 8.68. The highest BCUT2D eigenvalue weighted by Gasteiger charge is 1.98. The Morgan fingerprint density at radius 3 is 2.11 bits per heavy atom. The molecule has 2 nitrogen and oxygen atoms in total. The van der Waals surface area contributed by atoms with Crippen molar-refractivity contribution in [2.45, 2.75) is 0 Å². The predicted molar refractivity (Wildman–Crippen MR) is 76.4 cm³/mol. The molecule has 0 aromatic heterocycles. The Hall–Kier alpha value is -2.84. The van der Waals surface area contributed by atoms with Crippen LogP contribution in [0.3, 0.4) is 0 Å². The Balaban J connectivity index is 2.09. The van der Waals surface area contributed by atoms with Crippen molar-refractivity contribution in [3.05, 3.63) is 71.3 Å². The summed E-state index contributed by atoms with van der Waals surface area (Å²) in [6, 6.07) is 11.4. The van der Waals surface area contributed by atoms with E-state index < -0.39 is 0 Å². The van der Waals surface area contributed by atoms with Crippen LogP contribution in [0.25, 0.3) is 12.2 Å². The van der Waals surface area contributed by atoms with Gasteiger partial charge in [0, 0.05) is 5.92 Å². The van der Waals surface area contributed by atoms with Crippen molar-refractivity contribution in [1.29, 1.82) is 10.5 Å². The van der Waals surface area contributed by atoms with Crippen LogP contribution < -0.4 is 0 Å². The summed E-state index contributed by atoms with van der Waals surface area (Å²) >= 11 is 0. The van der Waals surface area contributed by atoms with E-state index in [1.54, 1.807) is 6.08 Å². The predicted octanol–water partition coefficient (Wildman–Crippen LogP) is 3.87. The summed E-state index contributed by atoms with van der Waals surface area (Å²) < 4.78 is 0. The monoisotopic (exact) mass is 244 g/mol. The van der Waals surface area contributed by atoms with Crippen LogP contribution in [-0.2, 0) is 0 Å². The van der Waals surface area contributed by atoms with E-state index in [0.717, 1.165) is 11.1 Å². The van der Waals surface area contributed by atoms with Gasteiger partial charge >= 0.3 is 0 Å². The third kappa shape index (κ3) is 3.56. The molecule has 2 heteroatoms. The summed E-state index contributed by atoms with van der Waals surface area (Å²) in [5.74, 6) is 0.378. The molecule has 0 fully saturated rings. The minimum atomic E-state index is 0.115. The molecule has 0 aliphatic heterocycles. The number of rotatable bonds is 3. The second kappa shape index (κ2) is 6.19. The topological polar surface area (TPSA) is 47.6 Å². The van der Waals surface area contributed by atoms with Gasteiger partial charge in [-0.1, -0.05) is 60.7 Å². The Kier molecular flexibility index (Phi) is 4.11. The first-order valence-electron chi connectivity index (χ1n) is 5.97. The van der Waals surface area contributed by atoms with Gasteiger partial charge in [0.05, 0.1) is 0 Å². The van der Waals surface area contributed by atoms with Crippen LogP contribution in [-0.4, -0.2) is 0 Å². The standard InChI is InChI=1S/C17H12N2/c18-12-17(13-19)11-16-9-7-15(8-10-16)6-5-14-3-1-2-4-14/h1-11,14H. The van der Waals surface area contributed by atoms with Crippen LogP contribution in [0.2, 0.25) is 0 Å². The molecule has 0 amide bonds. The molecular formula is C17H12N2. The number of benzene rings is 1. The van der Waals surface area contributed by atoms with Gasteiger partial charge in [-0.15, -0.1) is 0 Å². The maximum atomic E-state index is 8.68. The number of hydrogen-bond donors (Lipinski definition) is 0. The number of hydrogen-bond acceptors (Lipinski definition) is 2. The van der Waals surface area contributed by atoms with Gasteiger partial charge in [-0.05, 0) is 17.2 Å². The second-order valence-electron chi connectivity index (χ2n) is 4.15. The SMILES string of the molecule is N#CC(C#N)=Cc1ccc(C=CC2C=CC=C2)cc1. The molecule has 1 aliphatic rings. The highest BCUT2D eigenvalue weighted by atomic mass is 14.3. The minimum absolute atomic E-state index is 0.115. The summed E-state index contributed by atoms with van der Waals surface area (Å²) in [7, 11) is 0. The van der Waals surface area contributed by atoms with Crippen molar-refractivity contribution in [2.75, 3.05) is 0 Å². The average molecular weight is 244 g/mol. The first kappa shape index (κ1) is 12.6. The largest absolute Gasteiger partial charge is 0.192 e. The highest BCUT2D eigenvalue weighted by Crippen LogP contribution is 2.14. The minimum Gasteiger partial charge on any atom is -0.192 e. The molecule has 0 bridgehead atoms. The van der Waals surface area contributed by atoms with Gasteiger partial charge in [0.25, 0.3) is 0 Å². The fourth-order valence-corrected chi connectivity index (χ4v) is 1.76. The van der Waals surface area contributed by atoms with Gasteiger partial charge in [0.2, 0.25) is 0 Å². The first-order chi connectivity index (χ1) is 9.31. The molecule has 1 aromatic carbocycles. The van der Waals surface area contributed by atoms with Crippen LogP contribution in [0.4, 0.5) is 0 Å².